The fourth-order valence-electron chi connectivity index (χ4n) is 3.83. The van der Waals surface area contributed by atoms with E-state index in [2.05, 4.69) is 52.1 Å². The van der Waals surface area contributed by atoms with Crippen LogP contribution in [0.3, 0.4) is 0 Å². The molecule has 3 nitrogen and oxygen atoms in total. The van der Waals surface area contributed by atoms with Gasteiger partial charge >= 0.3 is 5.97 Å². The summed E-state index contributed by atoms with van der Waals surface area (Å²) in [5, 5.41) is 1.32. The molecule has 2 rings (SSSR count). The largest absolute Gasteiger partial charge is 0.373 e. The monoisotopic (exact) mass is 360 g/mol. The Morgan fingerprint density at radius 1 is 1.20 bits per heavy atom. The molecule has 1 aromatic carbocycles. The van der Waals surface area contributed by atoms with Crippen LogP contribution in [0.25, 0.3) is 0 Å². The van der Waals surface area contributed by atoms with Gasteiger partial charge < -0.3 is 0 Å². The second kappa shape index (κ2) is 8.81. The molecule has 1 aliphatic rings. The van der Waals surface area contributed by atoms with E-state index in [1.807, 2.05) is 12.1 Å². The van der Waals surface area contributed by atoms with Gasteiger partial charge in [-0.2, -0.15) is 4.89 Å². The Hall–Kier alpha value is -1.39. The van der Waals surface area contributed by atoms with Gasteiger partial charge in [-0.05, 0) is 30.4 Å². The van der Waals surface area contributed by atoms with Crippen LogP contribution in [0.15, 0.2) is 36.5 Å². The van der Waals surface area contributed by atoms with Crippen LogP contribution in [0, 0.1) is 11.8 Å². The van der Waals surface area contributed by atoms with Crippen LogP contribution in [-0.2, 0) is 9.78 Å². The van der Waals surface area contributed by atoms with Gasteiger partial charge in [0.05, 0.1) is 5.56 Å². The lowest BCUT2D eigenvalue weighted by molar-refractivity contribution is -0.292. The lowest BCUT2D eigenvalue weighted by Gasteiger charge is -2.32. The Morgan fingerprint density at radius 3 is 2.40 bits per heavy atom. The van der Waals surface area contributed by atoms with E-state index in [-0.39, 0.29) is 6.10 Å². The minimum Gasteiger partial charge on any atom is -0.293 e. The zero-order chi connectivity index (χ0) is 18.4. The number of rotatable bonds is 7. The molecule has 0 radical (unpaired) electrons. The molecule has 0 heterocycles. The second-order valence-electron chi connectivity index (χ2n) is 7.42. The number of benzene rings is 1. The maximum absolute atomic E-state index is 12.3. The van der Waals surface area contributed by atoms with Crippen molar-refractivity contribution in [1.29, 1.82) is 0 Å². The van der Waals surface area contributed by atoms with E-state index in [0.29, 0.717) is 17.4 Å². The molecule has 1 aromatic rings. The molecule has 0 saturated heterocycles. The van der Waals surface area contributed by atoms with Gasteiger partial charge in [0, 0.05) is 0 Å². The number of hydrogen-bond donors (Lipinski definition) is 0. The molecule has 3 unspecified atom stereocenters. The van der Waals surface area contributed by atoms with E-state index < -0.39 is 14.0 Å². The average molecular weight is 361 g/mol. The van der Waals surface area contributed by atoms with E-state index in [0.717, 1.165) is 24.9 Å². The van der Waals surface area contributed by atoms with Crippen molar-refractivity contribution in [2.24, 2.45) is 11.8 Å². The molecule has 0 spiro atoms. The van der Waals surface area contributed by atoms with Crippen molar-refractivity contribution in [2.45, 2.75) is 65.1 Å². The van der Waals surface area contributed by atoms with Crippen molar-refractivity contribution in [3.05, 3.63) is 42.1 Å². The van der Waals surface area contributed by atoms with Crippen molar-refractivity contribution < 1.29 is 14.6 Å². The van der Waals surface area contributed by atoms with Gasteiger partial charge in [0.2, 0.25) is 0 Å². The smallest absolute Gasteiger partial charge is 0.293 e. The molecule has 0 aliphatic heterocycles. The Bertz CT molecular complexity index is 577. The van der Waals surface area contributed by atoms with Gasteiger partial charge in [-0.25, -0.2) is 4.79 Å². The molecular formula is C21H32O3Si. The predicted octanol–water partition coefficient (Wildman–Crippen LogP) is 5.02. The van der Waals surface area contributed by atoms with Crippen molar-refractivity contribution in [3.8, 4) is 0 Å². The van der Waals surface area contributed by atoms with E-state index >= 15 is 0 Å². The Labute approximate surface area is 153 Å². The fraction of sp³-hybridized carbons (Fsp3) is 0.571. The third kappa shape index (κ3) is 4.42. The van der Waals surface area contributed by atoms with Crippen LogP contribution in [0.1, 0.15) is 57.3 Å². The van der Waals surface area contributed by atoms with Gasteiger partial charge in [0.25, 0.3) is 0 Å². The highest BCUT2D eigenvalue weighted by Gasteiger charge is 2.30. The van der Waals surface area contributed by atoms with E-state index in [9.17, 15) is 4.79 Å². The maximum Gasteiger partial charge on any atom is 0.373 e. The molecule has 0 aromatic heterocycles. The first-order valence-electron chi connectivity index (χ1n) is 9.59. The lowest BCUT2D eigenvalue weighted by atomic mass is 9.80. The first-order valence-corrected chi connectivity index (χ1v) is 12.1. The molecule has 3 atom stereocenters. The van der Waals surface area contributed by atoms with E-state index in [1.165, 1.54) is 11.6 Å². The minimum atomic E-state index is -1.63. The fourth-order valence-corrected chi connectivity index (χ4v) is 6.79. The van der Waals surface area contributed by atoms with Crippen LogP contribution >= 0.6 is 0 Å². The highest BCUT2D eigenvalue weighted by Crippen LogP contribution is 2.31. The summed E-state index contributed by atoms with van der Waals surface area (Å²) in [7, 11) is -1.63. The SMILES string of the molecule is C=C[Si](CC)(CC)c1ccc(C(=O)OOC2CCCC(C)C2C)cc1. The Morgan fingerprint density at radius 2 is 1.84 bits per heavy atom. The highest BCUT2D eigenvalue weighted by atomic mass is 28.3. The molecule has 4 heteroatoms. The van der Waals surface area contributed by atoms with Crippen LogP contribution in [0.5, 0.6) is 0 Å². The first-order chi connectivity index (χ1) is 12.0. The number of carbonyl (C=O) groups is 1. The third-order valence-electron chi connectivity index (χ3n) is 6.23. The summed E-state index contributed by atoms with van der Waals surface area (Å²) in [6, 6.07) is 10.1. The Kier molecular flexibility index (Phi) is 7.02. The summed E-state index contributed by atoms with van der Waals surface area (Å²) in [5.41, 5.74) is 2.69. The maximum atomic E-state index is 12.3. The van der Waals surface area contributed by atoms with Crippen molar-refractivity contribution in [2.75, 3.05) is 0 Å². The van der Waals surface area contributed by atoms with Crippen LogP contribution < -0.4 is 5.19 Å². The van der Waals surface area contributed by atoms with E-state index in [1.54, 1.807) is 0 Å². The molecule has 0 amide bonds. The van der Waals surface area contributed by atoms with E-state index in [4.69, 9.17) is 9.78 Å². The molecule has 1 saturated carbocycles. The second-order valence-corrected chi connectivity index (χ2v) is 12.1. The van der Waals surface area contributed by atoms with Crippen LogP contribution in [-0.4, -0.2) is 20.1 Å². The van der Waals surface area contributed by atoms with Crippen molar-refractivity contribution in [1.82, 2.24) is 0 Å². The molecule has 1 aliphatic carbocycles. The average Bonchev–Trinajstić information content (AvgIpc) is 2.65. The zero-order valence-corrected chi connectivity index (χ0v) is 17.1. The van der Waals surface area contributed by atoms with Crippen LogP contribution in [0.4, 0.5) is 0 Å². The van der Waals surface area contributed by atoms with Gasteiger partial charge in [-0.1, -0.05) is 75.6 Å². The first kappa shape index (κ1) is 19.9. The summed E-state index contributed by atoms with van der Waals surface area (Å²) in [6.45, 7) is 12.9. The van der Waals surface area contributed by atoms with Crippen molar-refractivity contribution in [3.63, 3.8) is 0 Å². The van der Waals surface area contributed by atoms with Gasteiger partial charge in [0.1, 0.15) is 14.2 Å². The molecule has 1 fully saturated rings. The van der Waals surface area contributed by atoms with Gasteiger partial charge in [-0.15, -0.1) is 6.58 Å². The van der Waals surface area contributed by atoms with Crippen molar-refractivity contribution >= 4 is 19.2 Å². The molecule has 0 N–H and O–H groups in total. The summed E-state index contributed by atoms with van der Waals surface area (Å²) in [4.78, 5) is 22.9. The lowest BCUT2D eigenvalue weighted by Crippen LogP contribution is -2.44. The Balaban J connectivity index is 1.99. The predicted molar refractivity (Wildman–Crippen MR) is 105 cm³/mol. The summed E-state index contributed by atoms with van der Waals surface area (Å²) in [6.07, 6.45) is 3.32. The highest BCUT2D eigenvalue weighted by molar-refractivity contribution is 6.95. The zero-order valence-electron chi connectivity index (χ0n) is 16.1. The minimum absolute atomic E-state index is 0.00739. The number of carbonyl (C=O) groups excluding carboxylic acids is 1. The summed E-state index contributed by atoms with van der Waals surface area (Å²) >= 11 is 0. The van der Waals surface area contributed by atoms with Gasteiger partial charge in [-0.3, -0.25) is 4.89 Å². The van der Waals surface area contributed by atoms with Gasteiger partial charge in [0.15, 0.2) is 0 Å². The van der Waals surface area contributed by atoms with Crippen LogP contribution in [0.2, 0.25) is 12.1 Å². The summed E-state index contributed by atoms with van der Waals surface area (Å²) < 4.78 is 0. The summed E-state index contributed by atoms with van der Waals surface area (Å²) in [5.74, 6) is 0.616. The third-order valence-corrected chi connectivity index (χ3v) is 11.0. The molecule has 25 heavy (non-hydrogen) atoms. The standard InChI is InChI=1S/C21H32O3Si/c1-6-25(7-2,8-3)19-14-12-18(13-15-19)21(22)24-23-20-11-9-10-16(4)17(20)5/h6,12-17,20H,1,7-11H2,2-5H3. The number of hydrogen-bond acceptors (Lipinski definition) is 3. The molecule has 138 valence electrons. The molecule has 0 bridgehead atoms. The normalized spacial score (nSPS) is 23.9. The topological polar surface area (TPSA) is 35.5 Å². The molecular weight excluding hydrogens is 328 g/mol. The quantitative estimate of drug-likeness (QED) is 0.389.